The smallest absolute Gasteiger partial charge is 0.283 e. The van der Waals surface area contributed by atoms with Crippen molar-refractivity contribution in [2.45, 2.75) is 52.6 Å². The minimum Gasteiger partial charge on any atom is -0.380 e. The molecular weight excluding hydrogens is 282 g/mol. The van der Waals surface area contributed by atoms with Gasteiger partial charge in [-0.05, 0) is 35.7 Å². The number of aryl methyl sites for hydroxylation is 1. The van der Waals surface area contributed by atoms with E-state index < -0.39 is 0 Å². The van der Waals surface area contributed by atoms with Crippen molar-refractivity contribution >= 4 is 21.6 Å². The molecule has 1 rings (SSSR count). The Bertz CT molecular complexity index is 417. The van der Waals surface area contributed by atoms with Gasteiger partial charge in [-0.1, -0.05) is 20.3 Å². The Labute approximate surface area is 111 Å². The molecule has 0 amide bonds. The van der Waals surface area contributed by atoms with Gasteiger partial charge in [0, 0.05) is 12.6 Å². The van der Waals surface area contributed by atoms with E-state index in [0.29, 0.717) is 17.1 Å². The molecule has 1 unspecified atom stereocenters. The Kier molecular flexibility index (Phi) is 5.68. The number of rotatable bonds is 6. The molecule has 0 aliphatic heterocycles. The highest BCUT2D eigenvalue weighted by Gasteiger charge is 2.10. The maximum absolute atomic E-state index is 11.9. The van der Waals surface area contributed by atoms with Crippen molar-refractivity contribution in [3.63, 3.8) is 0 Å². The lowest BCUT2D eigenvalue weighted by Gasteiger charge is -2.15. The van der Waals surface area contributed by atoms with Gasteiger partial charge >= 0.3 is 0 Å². The third kappa shape index (κ3) is 3.84. The zero-order valence-corrected chi connectivity index (χ0v) is 12.2. The summed E-state index contributed by atoms with van der Waals surface area (Å²) in [6.45, 7) is 6.93. The summed E-state index contributed by atoms with van der Waals surface area (Å²) in [6.07, 6.45) is 4.81. The lowest BCUT2D eigenvalue weighted by atomic mass is 10.2. The minimum atomic E-state index is -0.0689. The van der Waals surface area contributed by atoms with E-state index in [0.717, 1.165) is 24.9 Å². The summed E-state index contributed by atoms with van der Waals surface area (Å²) in [7, 11) is 0. The highest BCUT2D eigenvalue weighted by atomic mass is 79.9. The molecule has 1 heterocycles. The first-order valence-electron chi connectivity index (χ1n) is 6.12. The molecule has 0 saturated carbocycles. The maximum Gasteiger partial charge on any atom is 0.283 e. The minimum absolute atomic E-state index is 0.0689. The summed E-state index contributed by atoms with van der Waals surface area (Å²) < 4.78 is 2.06. The molecule has 0 aliphatic carbocycles. The molecule has 0 fully saturated rings. The summed E-state index contributed by atoms with van der Waals surface area (Å²) in [5.74, 6) is 0. The third-order valence-corrected chi connectivity index (χ3v) is 3.31. The topological polar surface area (TPSA) is 46.9 Å². The van der Waals surface area contributed by atoms with Crippen LogP contribution in [0, 0.1) is 0 Å². The van der Waals surface area contributed by atoms with Gasteiger partial charge in [-0.25, -0.2) is 4.68 Å². The van der Waals surface area contributed by atoms with E-state index in [1.54, 1.807) is 6.20 Å². The zero-order chi connectivity index (χ0) is 12.8. The van der Waals surface area contributed by atoms with E-state index in [2.05, 4.69) is 40.2 Å². The second-order valence-electron chi connectivity index (χ2n) is 4.23. The zero-order valence-electron chi connectivity index (χ0n) is 10.7. The molecular formula is C12H20BrN3O. The molecule has 1 aromatic heterocycles. The summed E-state index contributed by atoms with van der Waals surface area (Å²) >= 11 is 3.34. The summed E-state index contributed by atoms with van der Waals surface area (Å²) in [5, 5.41) is 7.45. The molecule has 0 spiro atoms. The molecule has 1 aromatic rings. The van der Waals surface area contributed by atoms with Gasteiger partial charge < -0.3 is 5.32 Å². The number of hydrogen-bond donors (Lipinski definition) is 1. The molecule has 1 atom stereocenters. The first-order valence-corrected chi connectivity index (χ1v) is 6.91. The van der Waals surface area contributed by atoms with Crippen molar-refractivity contribution in [2.75, 3.05) is 5.32 Å². The van der Waals surface area contributed by atoms with Crippen LogP contribution in [0.15, 0.2) is 15.5 Å². The molecule has 4 nitrogen and oxygen atoms in total. The molecule has 96 valence electrons. The van der Waals surface area contributed by atoms with Gasteiger partial charge in [0.25, 0.3) is 5.56 Å². The fourth-order valence-corrected chi connectivity index (χ4v) is 2.13. The fraction of sp³-hybridized carbons (Fsp3) is 0.667. The van der Waals surface area contributed by atoms with Crippen molar-refractivity contribution < 1.29 is 0 Å². The lowest BCUT2D eigenvalue weighted by molar-refractivity contribution is 0.565. The monoisotopic (exact) mass is 301 g/mol. The van der Waals surface area contributed by atoms with E-state index in [9.17, 15) is 4.79 Å². The number of nitrogens with zero attached hydrogens (tertiary/aromatic N) is 2. The quantitative estimate of drug-likeness (QED) is 0.878. The van der Waals surface area contributed by atoms with E-state index in [-0.39, 0.29) is 5.56 Å². The van der Waals surface area contributed by atoms with Crippen molar-refractivity contribution in [2.24, 2.45) is 0 Å². The second kappa shape index (κ2) is 6.79. The Morgan fingerprint density at radius 3 is 2.76 bits per heavy atom. The first-order chi connectivity index (χ1) is 8.10. The Balaban J connectivity index is 2.89. The van der Waals surface area contributed by atoms with Crippen LogP contribution in [0.1, 0.15) is 40.0 Å². The van der Waals surface area contributed by atoms with Gasteiger partial charge in [0.1, 0.15) is 4.47 Å². The molecule has 1 N–H and O–H groups in total. The van der Waals surface area contributed by atoms with Crippen molar-refractivity contribution in [3.05, 3.63) is 21.0 Å². The third-order valence-electron chi connectivity index (χ3n) is 2.54. The highest BCUT2D eigenvalue weighted by Crippen LogP contribution is 2.18. The predicted molar refractivity (Wildman–Crippen MR) is 74.5 cm³/mol. The highest BCUT2D eigenvalue weighted by molar-refractivity contribution is 9.10. The number of aromatic nitrogens is 2. The number of nitrogens with one attached hydrogen (secondary N) is 1. The number of halogens is 1. The largest absolute Gasteiger partial charge is 0.380 e. The predicted octanol–water partition coefficient (Wildman–Crippen LogP) is 3.02. The summed E-state index contributed by atoms with van der Waals surface area (Å²) in [5.41, 5.74) is 0.712. The van der Waals surface area contributed by atoms with Crippen LogP contribution in [0.4, 0.5) is 5.69 Å². The molecule has 0 aromatic carbocycles. The van der Waals surface area contributed by atoms with E-state index in [1.165, 1.54) is 4.68 Å². The Morgan fingerprint density at radius 2 is 2.18 bits per heavy atom. The molecule has 5 heteroatoms. The maximum atomic E-state index is 11.9. The number of hydrogen-bond acceptors (Lipinski definition) is 3. The SMILES string of the molecule is CCCC(C)Nc1cnn(CCC)c(=O)c1Br. The summed E-state index contributed by atoms with van der Waals surface area (Å²) in [6, 6.07) is 0.347. The second-order valence-corrected chi connectivity index (χ2v) is 5.03. The van der Waals surface area contributed by atoms with Crippen LogP contribution in [0.5, 0.6) is 0 Å². The molecule has 0 radical (unpaired) electrons. The molecule has 0 saturated heterocycles. The average Bonchev–Trinajstić information content (AvgIpc) is 2.29. The van der Waals surface area contributed by atoms with E-state index >= 15 is 0 Å². The van der Waals surface area contributed by atoms with Crippen molar-refractivity contribution in [1.29, 1.82) is 0 Å². The van der Waals surface area contributed by atoms with Crippen LogP contribution in [0.25, 0.3) is 0 Å². The van der Waals surface area contributed by atoms with Crippen LogP contribution in [0.3, 0.4) is 0 Å². The Hall–Kier alpha value is -0.840. The van der Waals surface area contributed by atoms with E-state index in [4.69, 9.17) is 0 Å². The molecule has 17 heavy (non-hydrogen) atoms. The fourth-order valence-electron chi connectivity index (χ4n) is 1.71. The van der Waals surface area contributed by atoms with Gasteiger partial charge in [0.05, 0.1) is 11.9 Å². The van der Waals surface area contributed by atoms with Crippen LogP contribution in [-0.4, -0.2) is 15.8 Å². The van der Waals surface area contributed by atoms with E-state index in [1.807, 2.05) is 6.92 Å². The standard InChI is InChI=1S/C12H20BrN3O/c1-4-6-9(3)15-10-8-14-16(7-5-2)12(17)11(10)13/h8-9,15H,4-7H2,1-3H3. The van der Waals surface area contributed by atoms with Crippen molar-refractivity contribution in [1.82, 2.24) is 9.78 Å². The molecule has 0 bridgehead atoms. The van der Waals surface area contributed by atoms with Gasteiger partial charge in [-0.2, -0.15) is 5.10 Å². The van der Waals surface area contributed by atoms with Gasteiger partial charge in [-0.3, -0.25) is 4.79 Å². The van der Waals surface area contributed by atoms with Crippen LogP contribution in [0.2, 0.25) is 0 Å². The van der Waals surface area contributed by atoms with Gasteiger partial charge in [-0.15, -0.1) is 0 Å². The first kappa shape index (κ1) is 14.2. The van der Waals surface area contributed by atoms with Gasteiger partial charge in [0.2, 0.25) is 0 Å². The average molecular weight is 302 g/mol. The summed E-state index contributed by atoms with van der Waals surface area (Å²) in [4.78, 5) is 11.9. The molecule has 0 aliphatic rings. The van der Waals surface area contributed by atoms with Crippen molar-refractivity contribution in [3.8, 4) is 0 Å². The van der Waals surface area contributed by atoms with Crippen LogP contribution >= 0.6 is 15.9 Å². The van der Waals surface area contributed by atoms with Crippen LogP contribution < -0.4 is 10.9 Å². The van der Waals surface area contributed by atoms with Crippen LogP contribution in [-0.2, 0) is 6.54 Å². The van der Waals surface area contributed by atoms with Gasteiger partial charge in [0.15, 0.2) is 0 Å². The Morgan fingerprint density at radius 1 is 1.47 bits per heavy atom. The number of anilines is 1. The lowest BCUT2D eigenvalue weighted by Crippen LogP contribution is -2.26. The normalized spacial score (nSPS) is 12.5.